The van der Waals surface area contributed by atoms with Crippen LogP contribution in [0.4, 0.5) is 16.3 Å². The van der Waals surface area contributed by atoms with Crippen molar-refractivity contribution in [1.82, 2.24) is 15.2 Å². The van der Waals surface area contributed by atoms with E-state index in [0.29, 0.717) is 18.1 Å². The molecule has 1 aromatic heterocycles. The lowest BCUT2D eigenvalue weighted by Crippen LogP contribution is -2.44. The van der Waals surface area contributed by atoms with Crippen molar-refractivity contribution in [1.29, 1.82) is 0 Å². The lowest BCUT2D eigenvalue weighted by Gasteiger charge is -2.33. The number of urea groups is 1. The first kappa shape index (κ1) is 18.1. The van der Waals surface area contributed by atoms with Crippen LogP contribution >= 0.6 is 11.6 Å². The lowest BCUT2D eigenvalue weighted by atomic mass is 10.2. The number of likely N-dealkylation sites (N-methyl/N-ethyl adjacent to an activating group) is 1. The fraction of sp³-hybridized carbons (Fsp3) is 0.400. The SMILES string of the molecule is CN1CCN(c2ccc(CNC(=O)N3CCc4ccc(Cl)cc43)cn2)CC1. The number of pyridine rings is 1. The molecule has 1 fully saturated rings. The number of anilines is 2. The van der Waals surface area contributed by atoms with Gasteiger partial charge in [-0.1, -0.05) is 23.7 Å². The van der Waals surface area contributed by atoms with Gasteiger partial charge in [-0.2, -0.15) is 0 Å². The molecule has 2 aliphatic rings. The maximum Gasteiger partial charge on any atom is 0.322 e. The number of hydrogen-bond donors (Lipinski definition) is 1. The molecule has 0 bridgehead atoms. The predicted molar refractivity (Wildman–Crippen MR) is 109 cm³/mol. The second kappa shape index (κ2) is 7.74. The Labute approximate surface area is 164 Å². The van der Waals surface area contributed by atoms with E-state index in [0.717, 1.165) is 55.2 Å². The zero-order chi connectivity index (χ0) is 18.8. The van der Waals surface area contributed by atoms with Crippen LogP contribution in [-0.2, 0) is 13.0 Å². The number of hydrogen-bond acceptors (Lipinski definition) is 4. The van der Waals surface area contributed by atoms with Crippen molar-refractivity contribution in [2.24, 2.45) is 0 Å². The molecular formula is C20H24ClN5O. The fourth-order valence-corrected chi connectivity index (χ4v) is 3.75. The number of carbonyl (C=O) groups excluding carboxylic acids is 1. The van der Waals surface area contributed by atoms with Crippen LogP contribution in [0.25, 0.3) is 0 Å². The minimum absolute atomic E-state index is 0.0980. The van der Waals surface area contributed by atoms with E-state index in [-0.39, 0.29) is 6.03 Å². The maximum absolute atomic E-state index is 12.6. The number of amides is 2. The molecule has 0 atom stereocenters. The average molecular weight is 386 g/mol. The number of halogens is 1. The minimum atomic E-state index is -0.0980. The molecule has 1 saturated heterocycles. The summed E-state index contributed by atoms with van der Waals surface area (Å²) < 4.78 is 0. The number of carbonyl (C=O) groups is 1. The van der Waals surface area contributed by atoms with Crippen LogP contribution in [0.2, 0.25) is 5.02 Å². The van der Waals surface area contributed by atoms with Gasteiger partial charge in [0.15, 0.2) is 0 Å². The Balaban J connectivity index is 1.34. The van der Waals surface area contributed by atoms with E-state index in [2.05, 4.69) is 27.1 Å². The molecule has 0 radical (unpaired) electrons. The Kier molecular flexibility index (Phi) is 5.18. The molecule has 3 heterocycles. The van der Waals surface area contributed by atoms with Crippen molar-refractivity contribution < 1.29 is 4.79 Å². The van der Waals surface area contributed by atoms with Gasteiger partial charge >= 0.3 is 6.03 Å². The van der Waals surface area contributed by atoms with Crippen molar-refractivity contribution in [3.63, 3.8) is 0 Å². The second-order valence-corrected chi connectivity index (χ2v) is 7.58. The number of nitrogens with one attached hydrogen (secondary N) is 1. The molecule has 6 nitrogen and oxygen atoms in total. The van der Waals surface area contributed by atoms with E-state index >= 15 is 0 Å². The van der Waals surface area contributed by atoms with Crippen molar-refractivity contribution in [3.05, 3.63) is 52.7 Å². The van der Waals surface area contributed by atoms with Crippen LogP contribution in [0.3, 0.4) is 0 Å². The average Bonchev–Trinajstić information content (AvgIpc) is 3.10. The Hall–Kier alpha value is -2.31. The quantitative estimate of drug-likeness (QED) is 0.882. The van der Waals surface area contributed by atoms with Gasteiger partial charge in [0.05, 0.1) is 5.69 Å². The van der Waals surface area contributed by atoms with Gasteiger partial charge in [0.2, 0.25) is 0 Å². The molecule has 1 aromatic carbocycles. The Bertz CT molecular complexity index is 818. The molecule has 7 heteroatoms. The summed E-state index contributed by atoms with van der Waals surface area (Å²) in [6.45, 7) is 5.25. The van der Waals surface area contributed by atoms with Crippen LogP contribution in [0.5, 0.6) is 0 Å². The molecule has 142 valence electrons. The molecule has 1 N–H and O–H groups in total. The summed E-state index contributed by atoms with van der Waals surface area (Å²) in [5, 5.41) is 3.64. The predicted octanol–water partition coefficient (Wildman–Crippen LogP) is 2.76. The fourth-order valence-electron chi connectivity index (χ4n) is 3.58. The highest BCUT2D eigenvalue weighted by Crippen LogP contribution is 2.30. The van der Waals surface area contributed by atoms with Crippen LogP contribution in [-0.4, -0.2) is 55.7 Å². The number of benzene rings is 1. The molecule has 2 amide bonds. The molecule has 0 unspecified atom stereocenters. The van der Waals surface area contributed by atoms with Gasteiger partial charge in [-0.25, -0.2) is 9.78 Å². The number of rotatable bonds is 3. The van der Waals surface area contributed by atoms with Gasteiger partial charge in [0.1, 0.15) is 5.82 Å². The summed E-state index contributed by atoms with van der Waals surface area (Å²) in [7, 11) is 2.14. The largest absolute Gasteiger partial charge is 0.354 e. The van der Waals surface area contributed by atoms with Crippen molar-refractivity contribution in [3.8, 4) is 0 Å². The molecule has 4 rings (SSSR count). The minimum Gasteiger partial charge on any atom is -0.354 e. The summed E-state index contributed by atoms with van der Waals surface area (Å²) in [4.78, 5) is 23.5. The molecule has 2 aromatic rings. The van der Waals surface area contributed by atoms with E-state index in [4.69, 9.17) is 11.6 Å². The van der Waals surface area contributed by atoms with Crippen molar-refractivity contribution in [2.45, 2.75) is 13.0 Å². The molecule has 0 aliphatic carbocycles. The van der Waals surface area contributed by atoms with E-state index in [1.165, 1.54) is 0 Å². The third kappa shape index (κ3) is 4.01. The van der Waals surface area contributed by atoms with Crippen LogP contribution in [0.15, 0.2) is 36.5 Å². The van der Waals surface area contributed by atoms with Gasteiger partial charge in [-0.3, -0.25) is 4.90 Å². The molecule has 0 spiro atoms. The highest BCUT2D eigenvalue weighted by molar-refractivity contribution is 6.31. The topological polar surface area (TPSA) is 51.7 Å². The first-order valence-electron chi connectivity index (χ1n) is 9.32. The van der Waals surface area contributed by atoms with E-state index in [9.17, 15) is 4.79 Å². The summed E-state index contributed by atoms with van der Waals surface area (Å²) >= 11 is 6.08. The number of fused-ring (bicyclic) bond motifs is 1. The standard InChI is InChI=1S/C20H24ClN5O/c1-24-8-10-25(11-9-24)19-5-2-15(13-22-19)14-23-20(27)26-7-6-16-3-4-17(21)12-18(16)26/h2-5,12-13H,6-11,14H2,1H3,(H,23,27). The third-order valence-electron chi connectivity index (χ3n) is 5.27. The molecule has 27 heavy (non-hydrogen) atoms. The van der Waals surface area contributed by atoms with Crippen molar-refractivity contribution in [2.75, 3.05) is 49.6 Å². The number of piperazine rings is 1. The highest BCUT2D eigenvalue weighted by atomic mass is 35.5. The smallest absolute Gasteiger partial charge is 0.322 e. The highest BCUT2D eigenvalue weighted by Gasteiger charge is 2.24. The third-order valence-corrected chi connectivity index (χ3v) is 5.50. The Morgan fingerprint density at radius 3 is 2.70 bits per heavy atom. The van der Waals surface area contributed by atoms with E-state index in [1.807, 2.05) is 36.5 Å². The normalized spacial score (nSPS) is 17.1. The van der Waals surface area contributed by atoms with Gasteiger partial charge in [-0.15, -0.1) is 0 Å². The summed E-state index contributed by atoms with van der Waals surface area (Å²) in [5.74, 6) is 1.00. The first-order valence-corrected chi connectivity index (χ1v) is 9.70. The van der Waals surface area contributed by atoms with Gasteiger partial charge < -0.3 is 15.1 Å². The Morgan fingerprint density at radius 2 is 1.96 bits per heavy atom. The molecular weight excluding hydrogens is 362 g/mol. The van der Waals surface area contributed by atoms with Crippen LogP contribution in [0, 0.1) is 0 Å². The summed E-state index contributed by atoms with van der Waals surface area (Å²) in [6, 6.07) is 9.70. The van der Waals surface area contributed by atoms with Crippen LogP contribution in [0.1, 0.15) is 11.1 Å². The summed E-state index contributed by atoms with van der Waals surface area (Å²) in [6.07, 6.45) is 2.71. The van der Waals surface area contributed by atoms with Gasteiger partial charge in [-0.05, 0) is 42.8 Å². The first-order chi connectivity index (χ1) is 13.1. The van der Waals surface area contributed by atoms with E-state index < -0.39 is 0 Å². The lowest BCUT2D eigenvalue weighted by molar-refractivity contribution is 0.246. The van der Waals surface area contributed by atoms with E-state index in [1.54, 1.807) is 4.90 Å². The zero-order valence-electron chi connectivity index (χ0n) is 15.5. The number of aromatic nitrogens is 1. The maximum atomic E-state index is 12.6. The number of nitrogens with zero attached hydrogens (tertiary/aromatic N) is 4. The monoisotopic (exact) mass is 385 g/mol. The van der Waals surface area contributed by atoms with Crippen molar-refractivity contribution >= 4 is 29.1 Å². The second-order valence-electron chi connectivity index (χ2n) is 7.15. The van der Waals surface area contributed by atoms with Crippen LogP contribution < -0.4 is 15.1 Å². The molecule has 0 saturated carbocycles. The molecule has 2 aliphatic heterocycles. The van der Waals surface area contributed by atoms with Gasteiger partial charge in [0, 0.05) is 50.5 Å². The summed E-state index contributed by atoms with van der Waals surface area (Å²) in [5.41, 5.74) is 3.06. The van der Waals surface area contributed by atoms with Gasteiger partial charge in [0.25, 0.3) is 0 Å². The Morgan fingerprint density at radius 1 is 1.15 bits per heavy atom. The zero-order valence-corrected chi connectivity index (χ0v) is 16.2.